The lowest BCUT2D eigenvalue weighted by molar-refractivity contribution is -0.0557. The summed E-state index contributed by atoms with van der Waals surface area (Å²) in [5.74, 6) is 0. The first-order chi connectivity index (χ1) is 12.3. The van der Waals surface area contributed by atoms with Gasteiger partial charge in [-0.3, -0.25) is 10.3 Å². The summed E-state index contributed by atoms with van der Waals surface area (Å²) in [4.78, 5) is 10.7. The van der Waals surface area contributed by atoms with Crippen molar-refractivity contribution in [3.05, 3.63) is 24.0 Å². The SMILES string of the molecule is CCn1ncc2c(NC3CC3)c(C3=CC4(CCCCC4)ON3)cnc21. The molecule has 0 saturated heterocycles. The summed E-state index contributed by atoms with van der Waals surface area (Å²) < 4.78 is 1.95. The van der Waals surface area contributed by atoms with Gasteiger partial charge in [-0.2, -0.15) is 5.10 Å². The molecule has 0 atom stereocenters. The van der Waals surface area contributed by atoms with Crippen LogP contribution in [0.15, 0.2) is 18.5 Å². The second-order valence-corrected chi connectivity index (χ2v) is 7.55. The van der Waals surface area contributed by atoms with Crippen LogP contribution in [0.5, 0.6) is 0 Å². The highest BCUT2D eigenvalue weighted by molar-refractivity contribution is 5.96. The summed E-state index contributed by atoms with van der Waals surface area (Å²) in [5, 5.41) is 9.30. The molecule has 132 valence electrons. The Hall–Kier alpha value is -2.08. The number of hydrogen-bond acceptors (Lipinski definition) is 5. The van der Waals surface area contributed by atoms with Crippen LogP contribution in [-0.4, -0.2) is 26.4 Å². The van der Waals surface area contributed by atoms with Gasteiger partial charge in [0.25, 0.3) is 0 Å². The standard InChI is InChI=1S/C19H25N5O/c1-2-24-18-15(12-21-24)17(22-13-6-7-13)14(11-20-18)16-10-19(25-23-16)8-4-3-5-9-19/h10-13,23H,2-9H2,1H3,(H,20,22). The fourth-order valence-electron chi connectivity index (χ4n) is 4.06. The smallest absolute Gasteiger partial charge is 0.159 e. The van der Waals surface area contributed by atoms with Gasteiger partial charge in [-0.25, -0.2) is 9.67 Å². The molecule has 2 aromatic rings. The molecule has 0 amide bonds. The van der Waals surface area contributed by atoms with Crippen molar-refractivity contribution < 1.29 is 4.84 Å². The molecule has 2 fully saturated rings. The summed E-state index contributed by atoms with van der Waals surface area (Å²) in [7, 11) is 0. The summed E-state index contributed by atoms with van der Waals surface area (Å²) in [6.07, 6.45) is 14.6. The third-order valence-electron chi connectivity index (χ3n) is 5.65. The predicted octanol–water partition coefficient (Wildman–Crippen LogP) is 3.60. The van der Waals surface area contributed by atoms with Gasteiger partial charge >= 0.3 is 0 Å². The van der Waals surface area contributed by atoms with E-state index in [2.05, 4.69) is 28.9 Å². The number of hydrogen-bond donors (Lipinski definition) is 2. The fourth-order valence-corrected chi connectivity index (χ4v) is 4.06. The molecule has 2 N–H and O–H groups in total. The first-order valence-electron chi connectivity index (χ1n) is 9.56. The largest absolute Gasteiger partial charge is 0.381 e. The zero-order valence-electron chi connectivity index (χ0n) is 14.7. The molecule has 6 heteroatoms. The van der Waals surface area contributed by atoms with Gasteiger partial charge < -0.3 is 5.32 Å². The molecule has 0 bridgehead atoms. The van der Waals surface area contributed by atoms with Crippen molar-refractivity contribution in [1.29, 1.82) is 0 Å². The summed E-state index contributed by atoms with van der Waals surface area (Å²) in [6, 6.07) is 0.570. The molecule has 0 unspecified atom stereocenters. The monoisotopic (exact) mass is 339 g/mol. The van der Waals surface area contributed by atoms with E-state index in [9.17, 15) is 0 Å². The van der Waals surface area contributed by atoms with E-state index in [1.807, 2.05) is 17.1 Å². The van der Waals surface area contributed by atoms with Gasteiger partial charge in [0.05, 0.1) is 23.0 Å². The topological polar surface area (TPSA) is 64.0 Å². The van der Waals surface area contributed by atoms with Crippen molar-refractivity contribution in [2.24, 2.45) is 0 Å². The van der Waals surface area contributed by atoms with E-state index in [1.54, 1.807) is 0 Å². The van der Waals surface area contributed by atoms with Crippen molar-refractivity contribution in [1.82, 2.24) is 20.2 Å². The molecule has 2 aliphatic carbocycles. The van der Waals surface area contributed by atoms with E-state index >= 15 is 0 Å². The predicted molar refractivity (Wildman–Crippen MR) is 97.9 cm³/mol. The Morgan fingerprint density at radius 1 is 1.28 bits per heavy atom. The molecule has 6 nitrogen and oxygen atoms in total. The van der Waals surface area contributed by atoms with Crippen molar-refractivity contribution in [3.63, 3.8) is 0 Å². The van der Waals surface area contributed by atoms with E-state index in [4.69, 9.17) is 9.82 Å². The molecule has 2 aromatic heterocycles. The molecule has 0 radical (unpaired) electrons. The number of fused-ring (bicyclic) bond motifs is 1. The summed E-state index contributed by atoms with van der Waals surface area (Å²) >= 11 is 0. The van der Waals surface area contributed by atoms with Crippen molar-refractivity contribution in [3.8, 4) is 0 Å². The Balaban J connectivity index is 1.59. The van der Waals surface area contributed by atoms with Crippen LogP contribution in [-0.2, 0) is 11.4 Å². The molecule has 1 aliphatic heterocycles. The maximum atomic E-state index is 6.04. The first-order valence-corrected chi connectivity index (χ1v) is 9.56. The van der Waals surface area contributed by atoms with Gasteiger partial charge in [-0.15, -0.1) is 0 Å². The van der Waals surface area contributed by atoms with Crippen LogP contribution in [0, 0.1) is 0 Å². The van der Waals surface area contributed by atoms with E-state index in [-0.39, 0.29) is 5.60 Å². The molecule has 5 rings (SSSR count). The number of hydroxylamine groups is 1. The van der Waals surface area contributed by atoms with Crippen molar-refractivity contribution >= 4 is 22.4 Å². The lowest BCUT2D eigenvalue weighted by atomic mass is 9.84. The zero-order chi connectivity index (χ0) is 16.9. The number of nitrogens with zero attached hydrogens (tertiary/aromatic N) is 3. The summed E-state index contributed by atoms with van der Waals surface area (Å²) in [6.45, 7) is 2.92. The second kappa shape index (κ2) is 5.73. The molecule has 2 saturated carbocycles. The number of anilines is 1. The van der Waals surface area contributed by atoms with Gasteiger partial charge in [0, 0.05) is 24.3 Å². The molecular formula is C19H25N5O. The van der Waals surface area contributed by atoms with Crippen molar-refractivity contribution in [2.45, 2.75) is 70.1 Å². The average molecular weight is 339 g/mol. The maximum Gasteiger partial charge on any atom is 0.159 e. The Labute approximate surface area is 147 Å². The van der Waals surface area contributed by atoms with Crippen LogP contribution in [0.4, 0.5) is 5.69 Å². The molecule has 1 spiro atoms. The van der Waals surface area contributed by atoms with E-state index < -0.39 is 0 Å². The van der Waals surface area contributed by atoms with Gasteiger partial charge in [0.15, 0.2) is 5.65 Å². The molecule has 3 heterocycles. The van der Waals surface area contributed by atoms with Crippen LogP contribution in [0.1, 0.15) is 57.4 Å². The van der Waals surface area contributed by atoms with E-state index in [0.29, 0.717) is 6.04 Å². The van der Waals surface area contributed by atoms with E-state index in [1.165, 1.54) is 32.1 Å². The minimum Gasteiger partial charge on any atom is -0.381 e. The van der Waals surface area contributed by atoms with Gasteiger partial charge in [-0.05, 0) is 38.7 Å². The number of aryl methyl sites for hydroxylation is 1. The minimum atomic E-state index is -0.132. The molecule has 0 aromatic carbocycles. The van der Waals surface area contributed by atoms with E-state index in [0.717, 1.165) is 47.4 Å². The van der Waals surface area contributed by atoms with Gasteiger partial charge in [0.2, 0.25) is 0 Å². The maximum absolute atomic E-state index is 6.04. The third kappa shape index (κ3) is 2.59. The Kier molecular flexibility index (Phi) is 3.48. The number of nitrogens with one attached hydrogen (secondary N) is 2. The Bertz CT molecular complexity index is 830. The highest BCUT2D eigenvalue weighted by Crippen LogP contribution is 2.41. The van der Waals surface area contributed by atoms with Gasteiger partial charge in [0.1, 0.15) is 5.60 Å². The zero-order valence-corrected chi connectivity index (χ0v) is 14.7. The van der Waals surface area contributed by atoms with Crippen LogP contribution >= 0.6 is 0 Å². The third-order valence-corrected chi connectivity index (χ3v) is 5.65. The normalized spacial score (nSPS) is 22.2. The Morgan fingerprint density at radius 3 is 2.88 bits per heavy atom. The van der Waals surface area contributed by atoms with Crippen LogP contribution in [0.2, 0.25) is 0 Å². The van der Waals surface area contributed by atoms with Gasteiger partial charge in [-0.1, -0.05) is 19.3 Å². The number of pyridine rings is 1. The highest BCUT2D eigenvalue weighted by Gasteiger charge is 2.37. The first kappa shape index (κ1) is 15.2. The number of rotatable bonds is 4. The average Bonchev–Trinajstić information content (AvgIpc) is 3.22. The molecule has 3 aliphatic rings. The summed E-state index contributed by atoms with van der Waals surface area (Å²) in [5.41, 5.74) is 7.30. The quantitative estimate of drug-likeness (QED) is 0.891. The van der Waals surface area contributed by atoms with Crippen molar-refractivity contribution in [2.75, 3.05) is 5.32 Å². The lowest BCUT2D eigenvalue weighted by Crippen LogP contribution is -2.31. The number of aromatic nitrogens is 3. The molecular weight excluding hydrogens is 314 g/mol. The lowest BCUT2D eigenvalue weighted by Gasteiger charge is -2.29. The minimum absolute atomic E-state index is 0.132. The second-order valence-electron chi connectivity index (χ2n) is 7.55. The molecule has 25 heavy (non-hydrogen) atoms. The highest BCUT2D eigenvalue weighted by atomic mass is 16.7. The van der Waals surface area contributed by atoms with Crippen LogP contribution in [0.3, 0.4) is 0 Å². The fraction of sp³-hybridized carbons (Fsp3) is 0.579. The van der Waals surface area contributed by atoms with Crippen LogP contribution in [0.25, 0.3) is 16.7 Å². The Morgan fingerprint density at radius 2 is 2.12 bits per heavy atom. The van der Waals surface area contributed by atoms with Crippen LogP contribution < -0.4 is 10.8 Å².